The van der Waals surface area contributed by atoms with Gasteiger partial charge in [0.05, 0.1) is 23.7 Å². The average Bonchev–Trinajstić information content (AvgIpc) is 2.78. The van der Waals surface area contributed by atoms with E-state index in [1.54, 1.807) is 6.92 Å². The summed E-state index contributed by atoms with van der Waals surface area (Å²) >= 11 is 0. The normalized spacial score (nSPS) is 11.3. The third kappa shape index (κ3) is 5.06. The van der Waals surface area contributed by atoms with E-state index in [-0.39, 0.29) is 17.2 Å². The van der Waals surface area contributed by atoms with Crippen LogP contribution in [-0.2, 0) is 14.8 Å². The summed E-state index contributed by atoms with van der Waals surface area (Å²) in [5, 5.41) is 2.68. The smallest absolute Gasteiger partial charge is 0.241 e. The first-order chi connectivity index (χ1) is 14.4. The van der Waals surface area contributed by atoms with Crippen LogP contribution in [0.15, 0.2) is 83.8 Å². The molecule has 156 valence electrons. The fourth-order valence-electron chi connectivity index (χ4n) is 3.03. The second kappa shape index (κ2) is 9.56. The van der Waals surface area contributed by atoms with Crippen molar-refractivity contribution in [3.63, 3.8) is 0 Å². The molecule has 6 nitrogen and oxygen atoms in total. The van der Waals surface area contributed by atoms with Crippen molar-refractivity contribution in [2.75, 3.05) is 12.4 Å². The first-order valence-electron chi connectivity index (χ1n) is 9.54. The number of ether oxygens (including phenoxy) is 1. The van der Waals surface area contributed by atoms with Gasteiger partial charge in [-0.25, -0.2) is 8.42 Å². The minimum Gasteiger partial charge on any atom is -0.495 e. The van der Waals surface area contributed by atoms with Gasteiger partial charge in [0.1, 0.15) is 5.75 Å². The zero-order chi connectivity index (χ0) is 21.6. The van der Waals surface area contributed by atoms with Gasteiger partial charge in [-0.2, -0.15) is 4.72 Å². The van der Waals surface area contributed by atoms with Crippen LogP contribution in [0, 0.1) is 0 Å². The van der Waals surface area contributed by atoms with E-state index in [4.69, 9.17) is 4.74 Å². The van der Waals surface area contributed by atoms with Crippen LogP contribution < -0.4 is 14.8 Å². The second-order valence-electron chi connectivity index (χ2n) is 6.64. The van der Waals surface area contributed by atoms with E-state index in [2.05, 4.69) is 10.0 Å². The maximum atomic E-state index is 13.2. The minimum absolute atomic E-state index is 0.0339. The first-order valence-corrected chi connectivity index (χ1v) is 11.0. The second-order valence-corrected chi connectivity index (χ2v) is 8.35. The molecule has 0 saturated carbocycles. The van der Waals surface area contributed by atoms with Crippen LogP contribution >= 0.6 is 0 Å². The van der Waals surface area contributed by atoms with E-state index in [0.717, 1.165) is 11.1 Å². The summed E-state index contributed by atoms with van der Waals surface area (Å²) in [6.45, 7) is 1.72. The summed E-state index contributed by atoms with van der Waals surface area (Å²) in [4.78, 5) is 11.9. The predicted molar refractivity (Wildman–Crippen MR) is 117 cm³/mol. The van der Waals surface area contributed by atoms with E-state index in [0.29, 0.717) is 11.4 Å². The fourth-order valence-corrected chi connectivity index (χ4v) is 4.27. The number of nitrogens with one attached hydrogen (secondary N) is 2. The molecule has 0 bridgehead atoms. The minimum atomic E-state index is -3.90. The van der Waals surface area contributed by atoms with Crippen molar-refractivity contribution in [1.82, 2.24) is 4.72 Å². The summed E-state index contributed by atoms with van der Waals surface area (Å²) in [5.74, 6) is 0.153. The van der Waals surface area contributed by atoms with E-state index >= 15 is 0 Å². The highest BCUT2D eigenvalue weighted by molar-refractivity contribution is 7.89. The zero-order valence-corrected chi connectivity index (χ0v) is 17.6. The molecule has 0 radical (unpaired) electrons. The van der Waals surface area contributed by atoms with Gasteiger partial charge < -0.3 is 10.1 Å². The van der Waals surface area contributed by atoms with Gasteiger partial charge in [0.2, 0.25) is 15.9 Å². The predicted octanol–water partition coefficient (Wildman–Crippen LogP) is 4.11. The molecule has 0 aliphatic heterocycles. The van der Waals surface area contributed by atoms with Gasteiger partial charge in [-0.3, -0.25) is 4.79 Å². The molecule has 0 saturated heterocycles. The zero-order valence-electron chi connectivity index (χ0n) is 16.8. The molecular weight excluding hydrogens is 400 g/mol. The van der Waals surface area contributed by atoms with Crippen LogP contribution in [0.1, 0.15) is 30.5 Å². The van der Waals surface area contributed by atoms with Crippen molar-refractivity contribution >= 4 is 21.6 Å². The third-order valence-electron chi connectivity index (χ3n) is 4.62. The molecule has 0 aliphatic carbocycles. The Bertz CT molecular complexity index is 1060. The Labute approximate surface area is 177 Å². The van der Waals surface area contributed by atoms with Gasteiger partial charge in [-0.05, 0) is 29.3 Å². The highest BCUT2D eigenvalue weighted by Crippen LogP contribution is 2.30. The van der Waals surface area contributed by atoms with Crippen molar-refractivity contribution in [2.24, 2.45) is 0 Å². The molecule has 7 heteroatoms. The van der Waals surface area contributed by atoms with Crippen LogP contribution in [-0.4, -0.2) is 21.4 Å². The largest absolute Gasteiger partial charge is 0.495 e. The number of carbonyl (C=O) groups excluding carboxylic acids is 1. The number of methoxy groups -OCH3 is 1. The lowest BCUT2D eigenvalue weighted by Crippen LogP contribution is -2.29. The third-order valence-corrected chi connectivity index (χ3v) is 6.04. The number of hydrogen-bond acceptors (Lipinski definition) is 4. The Kier molecular flexibility index (Phi) is 6.87. The number of benzene rings is 3. The van der Waals surface area contributed by atoms with E-state index in [1.807, 2.05) is 60.7 Å². The Morgan fingerprint density at radius 3 is 2.00 bits per heavy atom. The number of carbonyl (C=O) groups is 1. The summed E-state index contributed by atoms with van der Waals surface area (Å²) in [6, 6.07) is 22.6. The van der Waals surface area contributed by atoms with Gasteiger partial charge in [-0.1, -0.05) is 67.6 Å². The van der Waals surface area contributed by atoms with E-state index < -0.39 is 16.1 Å². The van der Waals surface area contributed by atoms with Crippen LogP contribution in [0.3, 0.4) is 0 Å². The molecule has 0 heterocycles. The molecule has 0 aliphatic rings. The Balaban J connectivity index is 1.99. The SMILES string of the molecule is CCC(=O)Nc1cc(S(=O)(=O)NC(c2ccccc2)c2ccccc2)ccc1OC. The summed E-state index contributed by atoms with van der Waals surface area (Å²) in [7, 11) is -2.44. The average molecular weight is 425 g/mol. The molecule has 1 amide bonds. The lowest BCUT2D eigenvalue weighted by atomic mass is 10.00. The van der Waals surface area contributed by atoms with Crippen molar-refractivity contribution in [2.45, 2.75) is 24.3 Å². The lowest BCUT2D eigenvalue weighted by molar-refractivity contribution is -0.115. The lowest BCUT2D eigenvalue weighted by Gasteiger charge is -2.20. The number of sulfonamides is 1. The summed E-state index contributed by atoms with van der Waals surface area (Å²) in [5.41, 5.74) is 1.95. The molecule has 0 fully saturated rings. The standard InChI is InChI=1S/C23H24N2O4S/c1-3-22(26)24-20-16-19(14-15-21(20)29-2)30(27,28)25-23(17-10-6-4-7-11-17)18-12-8-5-9-13-18/h4-16,23,25H,3H2,1-2H3,(H,24,26). The Morgan fingerprint density at radius 1 is 0.933 bits per heavy atom. The highest BCUT2D eigenvalue weighted by Gasteiger charge is 2.24. The quantitative estimate of drug-likeness (QED) is 0.570. The van der Waals surface area contributed by atoms with Crippen LogP contribution in [0.25, 0.3) is 0 Å². The van der Waals surface area contributed by atoms with Gasteiger partial charge >= 0.3 is 0 Å². The Morgan fingerprint density at radius 2 is 1.50 bits per heavy atom. The van der Waals surface area contributed by atoms with E-state index in [9.17, 15) is 13.2 Å². The highest BCUT2D eigenvalue weighted by atomic mass is 32.2. The molecule has 0 aromatic heterocycles. The maximum Gasteiger partial charge on any atom is 0.241 e. The van der Waals surface area contributed by atoms with Crippen molar-refractivity contribution in [3.05, 3.63) is 90.0 Å². The molecule has 3 aromatic rings. The van der Waals surface area contributed by atoms with Crippen LogP contribution in [0.5, 0.6) is 5.75 Å². The number of rotatable bonds is 8. The number of anilines is 1. The molecule has 3 rings (SSSR count). The van der Waals surface area contributed by atoms with Crippen molar-refractivity contribution in [3.8, 4) is 5.75 Å². The monoisotopic (exact) mass is 424 g/mol. The number of amides is 1. The van der Waals surface area contributed by atoms with Crippen molar-refractivity contribution < 1.29 is 17.9 Å². The van der Waals surface area contributed by atoms with Gasteiger partial charge in [-0.15, -0.1) is 0 Å². The van der Waals surface area contributed by atoms with Crippen LogP contribution in [0.2, 0.25) is 0 Å². The first kappa shape index (κ1) is 21.5. The molecule has 0 unspecified atom stereocenters. The topological polar surface area (TPSA) is 84.5 Å². The molecular formula is C23H24N2O4S. The summed E-state index contributed by atoms with van der Waals surface area (Å²) in [6.07, 6.45) is 0.266. The molecule has 0 atom stereocenters. The molecule has 3 aromatic carbocycles. The van der Waals surface area contributed by atoms with Gasteiger partial charge in [0.15, 0.2) is 0 Å². The summed E-state index contributed by atoms with van der Waals surface area (Å²) < 4.78 is 34.5. The Hall–Kier alpha value is -3.16. The maximum absolute atomic E-state index is 13.2. The number of hydrogen-bond donors (Lipinski definition) is 2. The van der Waals surface area contributed by atoms with Gasteiger partial charge in [0, 0.05) is 6.42 Å². The molecule has 2 N–H and O–H groups in total. The molecule has 0 spiro atoms. The molecule has 30 heavy (non-hydrogen) atoms. The van der Waals surface area contributed by atoms with Crippen LogP contribution in [0.4, 0.5) is 5.69 Å². The van der Waals surface area contributed by atoms with Crippen molar-refractivity contribution in [1.29, 1.82) is 0 Å². The van der Waals surface area contributed by atoms with E-state index in [1.165, 1.54) is 25.3 Å². The fraction of sp³-hybridized carbons (Fsp3) is 0.174. The van der Waals surface area contributed by atoms with Gasteiger partial charge in [0.25, 0.3) is 0 Å².